The number of nitrogens with zero attached hydrogens (tertiary/aromatic N) is 2. The molecule has 0 radical (unpaired) electrons. The average molecular weight is 448 g/mol. The molecule has 1 saturated heterocycles. The van der Waals surface area contributed by atoms with Gasteiger partial charge in [0, 0.05) is 30.4 Å². The van der Waals surface area contributed by atoms with Crippen molar-refractivity contribution in [1.82, 2.24) is 15.2 Å². The Labute approximate surface area is 184 Å². The van der Waals surface area contributed by atoms with E-state index in [0.717, 1.165) is 17.0 Å². The van der Waals surface area contributed by atoms with Gasteiger partial charge in [0.25, 0.3) is 0 Å². The van der Waals surface area contributed by atoms with Crippen LogP contribution in [0.25, 0.3) is 11.3 Å². The number of rotatable bonds is 6. The second-order valence-corrected chi connectivity index (χ2v) is 7.87. The zero-order chi connectivity index (χ0) is 20.4. The third-order valence-electron chi connectivity index (χ3n) is 4.85. The number of methoxy groups -OCH3 is 1. The number of hydrogen-bond donors (Lipinski definition) is 1. The summed E-state index contributed by atoms with van der Waals surface area (Å²) in [6.45, 7) is 1.18. The molecule has 29 heavy (non-hydrogen) atoms. The van der Waals surface area contributed by atoms with Crippen LogP contribution >= 0.6 is 35.4 Å². The van der Waals surface area contributed by atoms with Gasteiger partial charge in [0.05, 0.1) is 23.4 Å². The first-order chi connectivity index (χ1) is 14.1. The summed E-state index contributed by atoms with van der Waals surface area (Å²) in [6.07, 6.45) is 1.77. The number of hydrogen-bond acceptors (Lipinski definition) is 4. The van der Waals surface area contributed by atoms with Crippen molar-refractivity contribution in [2.24, 2.45) is 0 Å². The lowest BCUT2D eigenvalue weighted by atomic mass is 10.0. The van der Waals surface area contributed by atoms with E-state index in [4.69, 9.17) is 44.6 Å². The maximum absolute atomic E-state index is 6.36. The van der Waals surface area contributed by atoms with Crippen molar-refractivity contribution in [2.45, 2.75) is 12.1 Å². The quantitative estimate of drug-likeness (QED) is 0.519. The summed E-state index contributed by atoms with van der Waals surface area (Å²) in [7, 11) is 1.67. The summed E-state index contributed by atoms with van der Waals surface area (Å²) in [5.74, 6) is 1.44. The van der Waals surface area contributed by atoms with Crippen LogP contribution in [0.2, 0.25) is 10.0 Å². The molecule has 3 aromatic rings. The molecule has 0 amide bonds. The molecule has 8 heteroatoms. The Hall–Kier alpha value is -2.12. The molecule has 0 unspecified atom stereocenters. The zero-order valence-corrected chi connectivity index (χ0v) is 18.0. The van der Waals surface area contributed by atoms with Gasteiger partial charge in [0.15, 0.2) is 5.11 Å². The minimum Gasteiger partial charge on any atom is -0.459 e. The fraction of sp³-hybridized carbons (Fsp3) is 0.238. The van der Waals surface area contributed by atoms with E-state index in [-0.39, 0.29) is 12.1 Å². The standard InChI is InChI=1S/C21H19Cl2N3O2S/c1-27-11-10-26-20(19(25-21(26)29)16-4-2-3-9-24-16)18-8-7-17(28-18)14-6-5-13(22)12-15(14)23/h2-9,12,19-20H,10-11H2,1H3,(H,25,29)/t19-,20-/m1/s1. The number of halogens is 2. The highest BCUT2D eigenvalue weighted by Gasteiger charge is 2.41. The van der Waals surface area contributed by atoms with Crippen molar-refractivity contribution in [1.29, 1.82) is 0 Å². The number of furan rings is 1. The van der Waals surface area contributed by atoms with Gasteiger partial charge in [-0.25, -0.2) is 0 Å². The third kappa shape index (κ3) is 4.12. The highest BCUT2D eigenvalue weighted by molar-refractivity contribution is 7.80. The number of nitrogens with one attached hydrogen (secondary N) is 1. The molecule has 1 aromatic carbocycles. The van der Waals surface area contributed by atoms with E-state index in [1.54, 1.807) is 25.4 Å². The number of ether oxygens (including phenoxy) is 1. The average Bonchev–Trinajstić information content (AvgIpc) is 3.31. The first-order valence-corrected chi connectivity index (χ1v) is 10.3. The van der Waals surface area contributed by atoms with Crippen LogP contribution in [0, 0.1) is 0 Å². The molecule has 2 atom stereocenters. The van der Waals surface area contributed by atoms with Crippen molar-refractivity contribution in [3.05, 3.63) is 76.2 Å². The molecule has 0 spiro atoms. The third-order valence-corrected chi connectivity index (χ3v) is 5.75. The van der Waals surface area contributed by atoms with Gasteiger partial charge in [-0.15, -0.1) is 0 Å². The summed E-state index contributed by atoms with van der Waals surface area (Å²) < 4.78 is 11.5. The molecule has 0 aliphatic carbocycles. The van der Waals surface area contributed by atoms with E-state index in [0.29, 0.717) is 34.1 Å². The van der Waals surface area contributed by atoms with E-state index in [2.05, 4.69) is 15.2 Å². The van der Waals surface area contributed by atoms with Crippen LogP contribution in [0.3, 0.4) is 0 Å². The number of benzene rings is 1. The Morgan fingerprint density at radius 2 is 2.07 bits per heavy atom. The molecule has 5 nitrogen and oxygen atoms in total. The molecular weight excluding hydrogens is 429 g/mol. The van der Waals surface area contributed by atoms with E-state index in [1.807, 2.05) is 36.4 Å². The van der Waals surface area contributed by atoms with Gasteiger partial charge in [-0.05, 0) is 54.7 Å². The topological polar surface area (TPSA) is 50.5 Å². The van der Waals surface area contributed by atoms with Crippen LogP contribution in [0.1, 0.15) is 23.5 Å². The monoisotopic (exact) mass is 447 g/mol. The molecule has 1 aliphatic heterocycles. The van der Waals surface area contributed by atoms with Crippen LogP contribution in [0.4, 0.5) is 0 Å². The van der Waals surface area contributed by atoms with E-state index >= 15 is 0 Å². The largest absolute Gasteiger partial charge is 0.459 e. The second-order valence-electron chi connectivity index (χ2n) is 6.64. The first-order valence-electron chi connectivity index (χ1n) is 9.10. The number of pyridine rings is 1. The number of thiocarbonyl (C=S) groups is 1. The van der Waals surface area contributed by atoms with Gasteiger partial charge >= 0.3 is 0 Å². The Balaban J connectivity index is 1.72. The molecule has 4 rings (SSSR count). The molecule has 1 N–H and O–H groups in total. The molecule has 0 saturated carbocycles. The van der Waals surface area contributed by atoms with Crippen LogP contribution in [0.15, 0.2) is 59.1 Å². The van der Waals surface area contributed by atoms with E-state index < -0.39 is 0 Å². The smallest absolute Gasteiger partial charge is 0.170 e. The van der Waals surface area contributed by atoms with Crippen LogP contribution in [-0.2, 0) is 4.74 Å². The summed E-state index contributed by atoms with van der Waals surface area (Å²) >= 11 is 18.0. The fourth-order valence-corrected chi connectivity index (χ4v) is 4.32. The fourth-order valence-electron chi connectivity index (χ4n) is 3.49. The SMILES string of the molecule is COCCN1C(=S)N[C@H](c2ccccn2)[C@H]1c1ccc(-c2ccc(Cl)cc2Cl)o1. The van der Waals surface area contributed by atoms with E-state index in [9.17, 15) is 0 Å². The molecule has 2 aromatic heterocycles. The molecule has 150 valence electrons. The maximum atomic E-state index is 6.36. The Morgan fingerprint density at radius 3 is 2.79 bits per heavy atom. The molecule has 3 heterocycles. The number of aromatic nitrogens is 1. The minimum atomic E-state index is -0.160. The van der Waals surface area contributed by atoms with Crippen molar-refractivity contribution in [3.8, 4) is 11.3 Å². The van der Waals surface area contributed by atoms with Gasteiger partial charge in [0.2, 0.25) is 0 Å². The minimum absolute atomic E-state index is 0.139. The van der Waals surface area contributed by atoms with Crippen LogP contribution in [0.5, 0.6) is 0 Å². The van der Waals surface area contributed by atoms with Crippen molar-refractivity contribution in [3.63, 3.8) is 0 Å². The van der Waals surface area contributed by atoms with Crippen LogP contribution < -0.4 is 5.32 Å². The summed E-state index contributed by atoms with van der Waals surface area (Å²) in [4.78, 5) is 6.59. The summed E-state index contributed by atoms with van der Waals surface area (Å²) in [5.41, 5.74) is 1.68. The molecule has 1 aliphatic rings. The predicted molar refractivity (Wildman–Crippen MR) is 118 cm³/mol. The van der Waals surface area contributed by atoms with Crippen LogP contribution in [-0.4, -0.2) is 35.3 Å². The van der Waals surface area contributed by atoms with Crippen molar-refractivity contribution < 1.29 is 9.15 Å². The first kappa shape index (κ1) is 20.2. The summed E-state index contributed by atoms with van der Waals surface area (Å²) in [6, 6.07) is 14.7. The van der Waals surface area contributed by atoms with Gasteiger partial charge in [-0.3, -0.25) is 4.98 Å². The molecular formula is C21H19Cl2N3O2S. The lowest BCUT2D eigenvalue weighted by Gasteiger charge is -2.25. The lowest BCUT2D eigenvalue weighted by Crippen LogP contribution is -2.32. The van der Waals surface area contributed by atoms with Gasteiger partial charge in [0.1, 0.15) is 17.6 Å². The maximum Gasteiger partial charge on any atom is 0.170 e. The Morgan fingerprint density at radius 1 is 1.21 bits per heavy atom. The van der Waals surface area contributed by atoms with Gasteiger partial charge in [-0.1, -0.05) is 29.3 Å². The highest BCUT2D eigenvalue weighted by atomic mass is 35.5. The zero-order valence-electron chi connectivity index (χ0n) is 15.6. The predicted octanol–water partition coefficient (Wildman–Crippen LogP) is 5.27. The Kier molecular flexibility index (Phi) is 6.06. The van der Waals surface area contributed by atoms with Gasteiger partial charge < -0.3 is 19.4 Å². The Bertz CT molecular complexity index is 1010. The van der Waals surface area contributed by atoms with Crippen molar-refractivity contribution in [2.75, 3.05) is 20.3 Å². The lowest BCUT2D eigenvalue weighted by molar-refractivity contribution is 0.158. The molecule has 0 bridgehead atoms. The van der Waals surface area contributed by atoms with Gasteiger partial charge in [-0.2, -0.15) is 0 Å². The highest BCUT2D eigenvalue weighted by Crippen LogP contribution is 2.41. The second kappa shape index (κ2) is 8.71. The molecule has 1 fully saturated rings. The normalized spacial score (nSPS) is 18.9. The van der Waals surface area contributed by atoms with E-state index in [1.165, 1.54) is 0 Å². The van der Waals surface area contributed by atoms with Crippen molar-refractivity contribution >= 4 is 40.5 Å². The summed E-state index contributed by atoms with van der Waals surface area (Å²) in [5, 5.41) is 5.14.